The highest BCUT2D eigenvalue weighted by atomic mass is 16.2. The van der Waals surface area contributed by atoms with Crippen molar-refractivity contribution in [1.82, 2.24) is 4.90 Å². The van der Waals surface area contributed by atoms with E-state index in [1.807, 2.05) is 36.1 Å². The zero-order chi connectivity index (χ0) is 12.0. The predicted octanol–water partition coefficient (Wildman–Crippen LogP) is 2.02. The van der Waals surface area contributed by atoms with Crippen LogP contribution in [-0.4, -0.2) is 23.9 Å². The third-order valence-electron chi connectivity index (χ3n) is 2.63. The SMILES string of the molecule is CCCN(CC)C(=O)c1ccccc1CN. The van der Waals surface area contributed by atoms with Gasteiger partial charge in [-0.3, -0.25) is 4.79 Å². The molecule has 0 aromatic heterocycles. The molecule has 0 radical (unpaired) electrons. The predicted molar refractivity (Wildman–Crippen MR) is 66.2 cm³/mol. The van der Waals surface area contributed by atoms with Crippen LogP contribution >= 0.6 is 0 Å². The van der Waals surface area contributed by atoms with Crippen molar-refractivity contribution in [3.05, 3.63) is 35.4 Å². The van der Waals surface area contributed by atoms with Crippen molar-refractivity contribution in [2.45, 2.75) is 26.8 Å². The molecule has 1 aromatic rings. The standard InChI is InChI=1S/C13H20N2O/c1-3-9-15(4-2)13(16)12-8-6-5-7-11(12)10-14/h5-8H,3-4,9-10,14H2,1-2H3. The lowest BCUT2D eigenvalue weighted by atomic mass is 10.1. The largest absolute Gasteiger partial charge is 0.339 e. The number of benzene rings is 1. The zero-order valence-electron chi connectivity index (χ0n) is 10.1. The number of hydrogen-bond donors (Lipinski definition) is 1. The van der Waals surface area contributed by atoms with Gasteiger partial charge in [0.1, 0.15) is 0 Å². The fourth-order valence-corrected chi connectivity index (χ4v) is 1.75. The number of rotatable bonds is 5. The molecule has 1 rings (SSSR count). The van der Waals surface area contributed by atoms with Gasteiger partial charge in [-0.2, -0.15) is 0 Å². The van der Waals surface area contributed by atoms with Gasteiger partial charge in [-0.1, -0.05) is 25.1 Å². The minimum Gasteiger partial charge on any atom is -0.339 e. The highest BCUT2D eigenvalue weighted by Crippen LogP contribution is 2.11. The van der Waals surface area contributed by atoms with Gasteiger partial charge in [-0.15, -0.1) is 0 Å². The lowest BCUT2D eigenvalue weighted by Crippen LogP contribution is -2.32. The third kappa shape index (κ3) is 2.83. The summed E-state index contributed by atoms with van der Waals surface area (Å²) in [6.45, 7) is 6.02. The maximum Gasteiger partial charge on any atom is 0.254 e. The second-order valence-electron chi connectivity index (χ2n) is 3.75. The van der Waals surface area contributed by atoms with Crippen molar-refractivity contribution in [3.63, 3.8) is 0 Å². The quantitative estimate of drug-likeness (QED) is 0.825. The van der Waals surface area contributed by atoms with E-state index >= 15 is 0 Å². The molecule has 0 bridgehead atoms. The molecule has 1 aromatic carbocycles. The molecule has 0 saturated heterocycles. The van der Waals surface area contributed by atoms with E-state index in [4.69, 9.17) is 5.73 Å². The molecular formula is C13H20N2O. The van der Waals surface area contributed by atoms with Gasteiger partial charge in [-0.05, 0) is 25.0 Å². The molecule has 1 amide bonds. The fourth-order valence-electron chi connectivity index (χ4n) is 1.75. The normalized spacial score (nSPS) is 10.2. The molecule has 0 saturated carbocycles. The highest BCUT2D eigenvalue weighted by molar-refractivity contribution is 5.95. The van der Waals surface area contributed by atoms with E-state index in [0.717, 1.165) is 30.6 Å². The molecule has 88 valence electrons. The molecule has 0 heterocycles. The van der Waals surface area contributed by atoms with Crippen molar-refractivity contribution < 1.29 is 4.79 Å². The molecule has 3 nitrogen and oxygen atoms in total. The van der Waals surface area contributed by atoms with E-state index in [9.17, 15) is 4.79 Å². The Kier molecular flexibility index (Phi) is 4.99. The Morgan fingerprint density at radius 3 is 2.56 bits per heavy atom. The summed E-state index contributed by atoms with van der Waals surface area (Å²) in [5.74, 6) is 0.0883. The van der Waals surface area contributed by atoms with E-state index in [1.165, 1.54) is 0 Å². The van der Waals surface area contributed by atoms with Crippen LogP contribution in [-0.2, 0) is 6.54 Å². The maximum absolute atomic E-state index is 12.2. The van der Waals surface area contributed by atoms with Crippen molar-refractivity contribution in [2.75, 3.05) is 13.1 Å². The topological polar surface area (TPSA) is 46.3 Å². The number of carbonyl (C=O) groups excluding carboxylic acids is 1. The Morgan fingerprint density at radius 2 is 2.00 bits per heavy atom. The highest BCUT2D eigenvalue weighted by Gasteiger charge is 2.15. The van der Waals surface area contributed by atoms with Crippen LogP contribution in [0, 0.1) is 0 Å². The van der Waals surface area contributed by atoms with Crippen LogP contribution in [0.1, 0.15) is 36.2 Å². The van der Waals surface area contributed by atoms with Crippen molar-refractivity contribution in [1.29, 1.82) is 0 Å². The maximum atomic E-state index is 12.2. The van der Waals surface area contributed by atoms with Gasteiger partial charge >= 0.3 is 0 Å². The number of carbonyl (C=O) groups is 1. The first-order valence-electron chi connectivity index (χ1n) is 5.81. The Morgan fingerprint density at radius 1 is 1.31 bits per heavy atom. The first-order valence-corrected chi connectivity index (χ1v) is 5.81. The summed E-state index contributed by atoms with van der Waals surface area (Å²) in [6, 6.07) is 7.55. The second kappa shape index (κ2) is 6.28. The molecule has 0 aliphatic rings. The lowest BCUT2D eigenvalue weighted by Gasteiger charge is -2.21. The summed E-state index contributed by atoms with van der Waals surface area (Å²) < 4.78 is 0. The summed E-state index contributed by atoms with van der Waals surface area (Å²) in [6.07, 6.45) is 0.977. The van der Waals surface area contributed by atoms with Crippen molar-refractivity contribution >= 4 is 5.91 Å². The number of hydrogen-bond acceptors (Lipinski definition) is 2. The van der Waals surface area contributed by atoms with E-state index in [0.29, 0.717) is 6.54 Å². The van der Waals surface area contributed by atoms with Gasteiger partial charge in [0, 0.05) is 25.2 Å². The van der Waals surface area contributed by atoms with Crippen LogP contribution in [0.2, 0.25) is 0 Å². The van der Waals surface area contributed by atoms with Gasteiger partial charge in [0.15, 0.2) is 0 Å². The summed E-state index contributed by atoms with van der Waals surface area (Å²) in [5, 5.41) is 0. The van der Waals surface area contributed by atoms with Crippen LogP contribution in [0.3, 0.4) is 0 Å². The van der Waals surface area contributed by atoms with E-state index in [1.54, 1.807) is 0 Å². The number of amides is 1. The molecule has 3 heteroatoms. The van der Waals surface area contributed by atoms with E-state index in [2.05, 4.69) is 6.92 Å². The molecule has 0 fully saturated rings. The van der Waals surface area contributed by atoms with Crippen LogP contribution in [0.4, 0.5) is 0 Å². The molecule has 2 N–H and O–H groups in total. The third-order valence-corrected chi connectivity index (χ3v) is 2.63. The molecule has 0 unspecified atom stereocenters. The van der Waals surface area contributed by atoms with Gasteiger partial charge in [0.05, 0.1) is 0 Å². The Bertz CT molecular complexity index is 350. The average Bonchev–Trinajstić information content (AvgIpc) is 2.35. The van der Waals surface area contributed by atoms with Crippen molar-refractivity contribution in [3.8, 4) is 0 Å². The second-order valence-corrected chi connectivity index (χ2v) is 3.75. The molecule has 0 spiro atoms. The smallest absolute Gasteiger partial charge is 0.254 e. The van der Waals surface area contributed by atoms with Crippen molar-refractivity contribution in [2.24, 2.45) is 5.73 Å². The molecule has 0 aliphatic carbocycles. The van der Waals surface area contributed by atoms with E-state index in [-0.39, 0.29) is 5.91 Å². The lowest BCUT2D eigenvalue weighted by molar-refractivity contribution is 0.0763. The minimum absolute atomic E-state index is 0.0883. The van der Waals surface area contributed by atoms with Crippen LogP contribution in [0.15, 0.2) is 24.3 Å². The Hall–Kier alpha value is -1.35. The van der Waals surface area contributed by atoms with E-state index < -0.39 is 0 Å². The Labute approximate surface area is 97.2 Å². The fraction of sp³-hybridized carbons (Fsp3) is 0.462. The first-order chi connectivity index (χ1) is 7.74. The minimum atomic E-state index is 0.0883. The van der Waals surface area contributed by atoms with Crippen LogP contribution in [0.25, 0.3) is 0 Å². The Balaban J connectivity index is 2.93. The summed E-state index contributed by atoms with van der Waals surface area (Å²) >= 11 is 0. The van der Waals surface area contributed by atoms with Gasteiger partial charge in [0.2, 0.25) is 0 Å². The molecule has 0 atom stereocenters. The molecule has 0 aliphatic heterocycles. The summed E-state index contributed by atoms with van der Waals surface area (Å²) in [5.41, 5.74) is 7.29. The molecular weight excluding hydrogens is 200 g/mol. The van der Waals surface area contributed by atoms with Gasteiger partial charge < -0.3 is 10.6 Å². The first kappa shape index (κ1) is 12.7. The van der Waals surface area contributed by atoms with Gasteiger partial charge in [-0.25, -0.2) is 0 Å². The average molecular weight is 220 g/mol. The van der Waals surface area contributed by atoms with Crippen LogP contribution in [0.5, 0.6) is 0 Å². The molecule has 16 heavy (non-hydrogen) atoms. The number of nitrogens with two attached hydrogens (primary N) is 1. The van der Waals surface area contributed by atoms with Gasteiger partial charge in [0.25, 0.3) is 5.91 Å². The summed E-state index contributed by atoms with van der Waals surface area (Å²) in [4.78, 5) is 14.1. The monoisotopic (exact) mass is 220 g/mol. The number of nitrogens with zero attached hydrogens (tertiary/aromatic N) is 1. The van der Waals surface area contributed by atoms with Crippen LogP contribution < -0.4 is 5.73 Å². The zero-order valence-corrected chi connectivity index (χ0v) is 10.1. The summed E-state index contributed by atoms with van der Waals surface area (Å²) in [7, 11) is 0.